The molecule has 0 radical (unpaired) electrons. The fourth-order valence-electron chi connectivity index (χ4n) is 3.89. The lowest BCUT2D eigenvalue weighted by Crippen LogP contribution is -2.39. The molecular weight excluding hydrogens is 455 g/mol. The summed E-state index contributed by atoms with van der Waals surface area (Å²) >= 11 is 8.41. The topological polar surface area (TPSA) is 34.0 Å². The molecule has 5 rings (SSSR count). The van der Waals surface area contributed by atoms with Crippen molar-refractivity contribution < 1.29 is 9.18 Å². The highest BCUT2D eigenvalue weighted by Crippen LogP contribution is 2.35. The van der Waals surface area contributed by atoms with E-state index >= 15 is 0 Å². The number of benzene rings is 3. The van der Waals surface area contributed by atoms with Gasteiger partial charge in [-0.3, -0.25) is 4.79 Å². The van der Waals surface area contributed by atoms with Crippen LogP contribution in [-0.4, -0.2) is 34.9 Å². The van der Waals surface area contributed by atoms with Crippen LogP contribution in [0.1, 0.15) is 23.7 Å². The minimum Gasteiger partial charge on any atom is -0.314 e. The van der Waals surface area contributed by atoms with Gasteiger partial charge >= 0.3 is 0 Å². The lowest BCUT2D eigenvalue weighted by atomic mass is 10.0. The molecule has 4 aromatic rings. The first-order chi connectivity index (χ1) is 15.9. The van der Waals surface area contributed by atoms with Crippen molar-refractivity contribution in [1.82, 2.24) is 9.88 Å². The number of aromatic nitrogens is 1. The summed E-state index contributed by atoms with van der Waals surface area (Å²) in [5.41, 5.74) is 4.61. The monoisotopic (exact) mass is 480 g/mol. The second-order valence-corrected chi connectivity index (χ2v) is 9.89. The van der Waals surface area contributed by atoms with Gasteiger partial charge in [0.1, 0.15) is 12.1 Å². The van der Waals surface area contributed by atoms with Gasteiger partial charge in [0.25, 0.3) is 0 Å². The van der Waals surface area contributed by atoms with Gasteiger partial charge in [0.15, 0.2) is 0 Å². The first-order valence-corrected chi connectivity index (χ1v) is 12.4. The summed E-state index contributed by atoms with van der Waals surface area (Å²) < 4.78 is 15.3. The Morgan fingerprint density at radius 3 is 2.48 bits per heavy atom. The molecule has 0 spiro atoms. The van der Waals surface area contributed by atoms with Crippen LogP contribution in [0.3, 0.4) is 0 Å². The zero-order valence-electron chi connectivity index (χ0n) is 18.6. The Morgan fingerprint density at radius 2 is 1.88 bits per heavy atom. The number of hydrogen-bond donors (Lipinski definition) is 1. The summed E-state index contributed by atoms with van der Waals surface area (Å²) in [4.78, 5) is 11.2. The fraction of sp³-hybridized carbons (Fsp3) is 0.222. The second-order valence-electron chi connectivity index (χ2n) is 8.38. The molecule has 1 unspecified atom stereocenters. The number of nitrogens with zero attached hydrogens (tertiary/aromatic N) is 1. The number of carbonyl (C=O) groups excluding carboxylic acids is 1. The Morgan fingerprint density at radius 1 is 1.12 bits per heavy atom. The van der Waals surface area contributed by atoms with Crippen LogP contribution in [-0.2, 0) is 0 Å². The first kappa shape index (κ1) is 23.6. The van der Waals surface area contributed by atoms with E-state index in [1.54, 1.807) is 18.2 Å². The number of rotatable bonds is 4. The molecule has 33 heavy (non-hydrogen) atoms. The highest BCUT2D eigenvalue weighted by molar-refractivity contribution is 7.99. The molecule has 0 amide bonds. The second kappa shape index (κ2) is 10.1. The SMILES string of the molecule is CNC1(C)CCSC1.O=Cc1ccc2c(c1)c(-c1ccc(F)cc1)cn2-c1ccccc1Cl. The van der Waals surface area contributed by atoms with Crippen LogP contribution in [0.4, 0.5) is 4.39 Å². The highest BCUT2D eigenvalue weighted by atomic mass is 35.5. The van der Waals surface area contributed by atoms with Crippen molar-refractivity contribution in [2.45, 2.75) is 18.9 Å². The van der Waals surface area contributed by atoms with Crippen LogP contribution < -0.4 is 5.32 Å². The standard InChI is InChI=1S/C21H13ClFNO.C6H13NS/c22-19-3-1-2-4-21(19)24-12-18(15-6-8-16(23)9-7-15)17-11-14(13-25)5-10-20(17)24;1-6(7-2)3-4-8-5-6/h1-13H;7H,3-5H2,1-2H3. The summed E-state index contributed by atoms with van der Waals surface area (Å²) in [6, 6.07) is 19.4. The molecule has 170 valence electrons. The average Bonchev–Trinajstić information content (AvgIpc) is 3.44. The van der Waals surface area contributed by atoms with Crippen LogP contribution in [0, 0.1) is 5.82 Å². The molecule has 2 heterocycles. The van der Waals surface area contributed by atoms with Crippen LogP contribution in [0.2, 0.25) is 5.02 Å². The molecule has 1 fully saturated rings. The van der Waals surface area contributed by atoms with Crippen LogP contribution >= 0.6 is 23.4 Å². The van der Waals surface area contributed by atoms with Crippen LogP contribution in [0.5, 0.6) is 0 Å². The number of fused-ring (bicyclic) bond motifs is 1. The molecular formula is C27H26ClFN2OS. The maximum atomic E-state index is 13.3. The fourth-order valence-corrected chi connectivity index (χ4v) is 5.60. The lowest BCUT2D eigenvalue weighted by Gasteiger charge is -2.20. The smallest absolute Gasteiger partial charge is 0.150 e. The van der Waals surface area contributed by atoms with Gasteiger partial charge in [-0.05, 0) is 74.2 Å². The molecule has 0 aliphatic carbocycles. The molecule has 0 saturated carbocycles. The van der Waals surface area contributed by atoms with E-state index in [2.05, 4.69) is 12.2 Å². The number of nitrogens with one attached hydrogen (secondary N) is 1. The third-order valence-electron chi connectivity index (χ3n) is 6.05. The van der Waals surface area contributed by atoms with Crippen molar-refractivity contribution in [2.24, 2.45) is 0 Å². The molecule has 0 bridgehead atoms. The third-order valence-corrected chi connectivity index (χ3v) is 7.71. The van der Waals surface area contributed by atoms with Gasteiger partial charge < -0.3 is 9.88 Å². The van der Waals surface area contributed by atoms with Crippen molar-refractivity contribution in [1.29, 1.82) is 0 Å². The first-order valence-electron chi connectivity index (χ1n) is 10.8. The molecule has 6 heteroatoms. The Kier molecular flexibility index (Phi) is 7.23. The number of thioether (sulfide) groups is 1. The molecule has 1 atom stereocenters. The number of hydrogen-bond acceptors (Lipinski definition) is 3. The number of carbonyl (C=O) groups is 1. The largest absolute Gasteiger partial charge is 0.314 e. The van der Waals surface area contributed by atoms with Gasteiger partial charge in [-0.15, -0.1) is 0 Å². The summed E-state index contributed by atoms with van der Waals surface area (Å²) in [7, 11) is 2.05. The predicted molar refractivity (Wildman–Crippen MR) is 138 cm³/mol. The maximum Gasteiger partial charge on any atom is 0.150 e. The summed E-state index contributed by atoms with van der Waals surface area (Å²) in [6.45, 7) is 2.28. The van der Waals surface area contributed by atoms with E-state index in [4.69, 9.17) is 11.6 Å². The number of para-hydroxylation sites is 1. The molecule has 3 aromatic carbocycles. The van der Waals surface area contributed by atoms with E-state index in [9.17, 15) is 9.18 Å². The lowest BCUT2D eigenvalue weighted by molar-refractivity contribution is 0.112. The van der Waals surface area contributed by atoms with Gasteiger partial charge in [-0.1, -0.05) is 35.9 Å². The molecule has 1 aliphatic rings. The van der Waals surface area contributed by atoms with Crippen molar-refractivity contribution >= 4 is 40.6 Å². The summed E-state index contributed by atoms with van der Waals surface area (Å²) in [5.74, 6) is 2.33. The van der Waals surface area contributed by atoms with Crippen LogP contribution in [0.25, 0.3) is 27.7 Å². The van der Waals surface area contributed by atoms with Gasteiger partial charge in [-0.2, -0.15) is 11.8 Å². The van der Waals surface area contributed by atoms with Crippen molar-refractivity contribution in [2.75, 3.05) is 18.6 Å². The maximum absolute atomic E-state index is 13.3. The third kappa shape index (κ3) is 5.16. The normalized spacial score (nSPS) is 17.6. The Hall–Kier alpha value is -2.60. The van der Waals surface area contributed by atoms with E-state index < -0.39 is 0 Å². The van der Waals surface area contributed by atoms with Gasteiger partial charge in [0.05, 0.1) is 16.2 Å². The van der Waals surface area contributed by atoms with Gasteiger partial charge in [-0.25, -0.2) is 4.39 Å². The molecule has 1 N–H and O–H groups in total. The Bertz CT molecular complexity index is 1260. The Balaban J connectivity index is 0.000000275. The average molecular weight is 481 g/mol. The zero-order valence-corrected chi connectivity index (χ0v) is 20.2. The van der Waals surface area contributed by atoms with E-state index in [1.807, 2.05) is 66.0 Å². The van der Waals surface area contributed by atoms with Gasteiger partial charge in [0, 0.05) is 34.0 Å². The van der Waals surface area contributed by atoms with Crippen LogP contribution in [0.15, 0.2) is 72.9 Å². The summed E-state index contributed by atoms with van der Waals surface area (Å²) in [6.07, 6.45) is 4.11. The minimum atomic E-state index is -0.285. The molecule has 3 nitrogen and oxygen atoms in total. The van der Waals surface area contributed by atoms with E-state index in [0.29, 0.717) is 16.1 Å². The van der Waals surface area contributed by atoms with Gasteiger partial charge in [0.2, 0.25) is 0 Å². The summed E-state index contributed by atoms with van der Waals surface area (Å²) in [5, 5.41) is 4.86. The Labute approximate surface area is 203 Å². The number of aldehydes is 1. The quantitative estimate of drug-likeness (QED) is 0.319. The zero-order chi connectivity index (χ0) is 23.4. The highest BCUT2D eigenvalue weighted by Gasteiger charge is 2.26. The van der Waals surface area contributed by atoms with Crippen molar-refractivity contribution in [3.05, 3.63) is 89.3 Å². The molecule has 1 aliphatic heterocycles. The molecule has 1 saturated heterocycles. The van der Waals surface area contributed by atoms with E-state index in [0.717, 1.165) is 34.0 Å². The predicted octanol–water partition coefficient (Wildman–Crippen LogP) is 7.00. The van der Waals surface area contributed by atoms with Crippen molar-refractivity contribution in [3.8, 4) is 16.8 Å². The van der Waals surface area contributed by atoms with E-state index in [-0.39, 0.29) is 5.82 Å². The van der Waals surface area contributed by atoms with Crippen molar-refractivity contribution in [3.63, 3.8) is 0 Å². The molecule has 1 aromatic heterocycles. The van der Waals surface area contributed by atoms with E-state index in [1.165, 1.54) is 30.1 Å². The number of halogens is 2. The minimum absolute atomic E-state index is 0.285.